The van der Waals surface area contributed by atoms with Crippen LogP contribution in [0.2, 0.25) is 0 Å². The molecule has 0 heterocycles. The molecular formula is C8H8N2O. The van der Waals surface area contributed by atoms with E-state index < -0.39 is 0 Å². The first-order chi connectivity index (χ1) is 5.27. The lowest BCUT2D eigenvalue weighted by Crippen LogP contribution is -1.92. The summed E-state index contributed by atoms with van der Waals surface area (Å²) >= 11 is 0. The fourth-order valence-electron chi connectivity index (χ4n) is 0.812. The summed E-state index contributed by atoms with van der Waals surface area (Å²) in [7, 11) is 0. The zero-order chi connectivity index (χ0) is 8.27. The van der Waals surface area contributed by atoms with Gasteiger partial charge in [0.2, 0.25) is 0 Å². The molecule has 1 rings (SSSR count). The highest BCUT2D eigenvalue weighted by Gasteiger charge is 1.96. The number of anilines is 1. The average molecular weight is 148 g/mol. The zero-order valence-corrected chi connectivity index (χ0v) is 6.13. The van der Waals surface area contributed by atoms with Gasteiger partial charge in [-0.3, -0.25) is 10.7 Å². The van der Waals surface area contributed by atoms with Crippen LogP contribution in [0, 0.1) is 18.3 Å². The van der Waals surface area contributed by atoms with Gasteiger partial charge in [-0.15, -0.1) is 0 Å². The van der Waals surface area contributed by atoms with Gasteiger partial charge in [-0.1, -0.05) is 6.07 Å². The van der Waals surface area contributed by atoms with Gasteiger partial charge in [-0.05, 0) is 24.6 Å². The van der Waals surface area contributed by atoms with Crippen LogP contribution < -0.4 is 5.48 Å². The Balaban J connectivity index is 3.15. The Hall–Kier alpha value is -1.53. The van der Waals surface area contributed by atoms with Gasteiger partial charge < -0.3 is 0 Å². The molecule has 0 aliphatic carbocycles. The Bertz CT molecular complexity index is 301. The van der Waals surface area contributed by atoms with E-state index in [-0.39, 0.29) is 0 Å². The molecule has 0 amide bonds. The molecule has 3 heteroatoms. The first kappa shape index (κ1) is 7.58. The van der Waals surface area contributed by atoms with E-state index in [9.17, 15) is 0 Å². The smallest absolute Gasteiger partial charge is 0.0992 e. The Labute approximate surface area is 64.9 Å². The van der Waals surface area contributed by atoms with Crippen molar-refractivity contribution in [3.05, 3.63) is 29.3 Å². The lowest BCUT2D eigenvalue weighted by Gasteiger charge is -2.02. The number of hydrogen-bond donors (Lipinski definition) is 2. The molecule has 0 radical (unpaired) electrons. The fourth-order valence-corrected chi connectivity index (χ4v) is 0.812. The molecule has 0 spiro atoms. The van der Waals surface area contributed by atoms with Crippen LogP contribution in [-0.4, -0.2) is 5.21 Å². The largest absolute Gasteiger partial charge is 0.291 e. The van der Waals surface area contributed by atoms with Gasteiger partial charge in [0.1, 0.15) is 0 Å². The fraction of sp³-hybridized carbons (Fsp3) is 0.125. The molecular weight excluding hydrogens is 140 g/mol. The zero-order valence-electron chi connectivity index (χ0n) is 6.13. The van der Waals surface area contributed by atoms with Gasteiger partial charge in [0, 0.05) is 0 Å². The van der Waals surface area contributed by atoms with E-state index in [1.807, 2.05) is 18.5 Å². The molecule has 0 aliphatic rings. The molecule has 0 fully saturated rings. The summed E-state index contributed by atoms with van der Waals surface area (Å²) < 4.78 is 0. The standard InChI is InChI=1S/C8H8N2O/c1-6-2-3-7(5-9)4-8(6)10-11/h2-4,10-11H,1H3. The van der Waals surface area contributed by atoms with Crippen molar-refractivity contribution in [2.75, 3.05) is 5.48 Å². The van der Waals surface area contributed by atoms with Crippen molar-refractivity contribution in [1.82, 2.24) is 0 Å². The van der Waals surface area contributed by atoms with Crippen LogP contribution in [0.1, 0.15) is 11.1 Å². The topological polar surface area (TPSA) is 56.0 Å². The third-order valence-electron chi connectivity index (χ3n) is 1.49. The van der Waals surface area contributed by atoms with Crippen molar-refractivity contribution in [1.29, 1.82) is 5.26 Å². The summed E-state index contributed by atoms with van der Waals surface area (Å²) in [4.78, 5) is 0. The number of nitrogens with one attached hydrogen (secondary N) is 1. The van der Waals surface area contributed by atoms with Gasteiger partial charge in [0.05, 0.1) is 17.3 Å². The molecule has 1 aromatic carbocycles. The van der Waals surface area contributed by atoms with E-state index in [0.29, 0.717) is 11.3 Å². The minimum atomic E-state index is 0.534. The van der Waals surface area contributed by atoms with Crippen molar-refractivity contribution in [2.45, 2.75) is 6.92 Å². The number of nitriles is 1. The summed E-state index contributed by atoms with van der Waals surface area (Å²) in [6.45, 7) is 1.85. The molecule has 0 unspecified atom stereocenters. The minimum Gasteiger partial charge on any atom is -0.291 e. The van der Waals surface area contributed by atoms with Crippen LogP contribution in [0.3, 0.4) is 0 Å². The summed E-state index contributed by atoms with van der Waals surface area (Å²) in [5.41, 5.74) is 4.04. The van der Waals surface area contributed by atoms with Crippen molar-refractivity contribution >= 4 is 5.69 Å². The van der Waals surface area contributed by atoms with Gasteiger partial charge in [-0.25, -0.2) is 0 Å². The van der Waals surface area contributed by atoms with Crippen molar-refractivity contribution < 1.29 is 5.21 Å². The van der Waals surface area contributed by atoms with Crippen molar-refractivity contribution in [3.8, 4) is 6.07 Å². The summed E-state index contributed by atoms with van der Waals surface area (Å²) in [6, 6.07) is 7.05. The summed E-state index contributed by atoms with van der Waals surface area (Å²) in [6.07, 6.45) is 0. The Morgan fingerprint density at radius 2 is 2.27 bits per heavy atom. The molecule has 56 valence electrons. The van der Waals surface area contributed by atoms with E-state index in [1.54, 1.807) is 18.2 Å². The molecule has 3 nitrogen and oxygen atoms in total. The number of hydrogen-bond acceptors (Lipinski definition) is 3. The van der Waals surface area contributed by atoms with E-state index in [4.69, 9.17) is 10.5 Å². The highest BCUT2D eigenvalue weighted by atomic mass is 16.5. The maximum Gasteiger partial charge on any atom is 0.0992 e. The number of aryl methyl sites for hydroxylation is 1. The molecule has 1 aromatic rings. The molecule has 0 aliphatic heterocycles. The van der Waals surface area contributed by atoms with Gasteiger partial charge in [0.15, 0.2) is 0 Å². The second kappa shape index (κ2) is 3.04. The van der Waals surface area contributed by atoms with Crippen molar-refractivity contribution in [2.24, 2.45) is 0 Å². The maximum absolute atomic E-state index is 8.58. The highest BCUT2D eigenvalue weighted by molar-refractivity contribution is 5.53. The maximum atomic E-state index is 8.58. The lowest BCUT2D eigenvalue weighted by atomic mass is 10.1. The van der Waals surface area contributed by atoms with E-state index >= 15 is 0 Å². The monoisotopic (exact) mass is 148 g/mol. The van der Waals surface area contributed by atoms with Crippen LogP contribution in [-0.2, 0) is 0 Å². The molecule has 0 saturated heterocycles. The molecule has 11 heavy (non-hydrogen) atoms. The first-order valence-corrected chi connectivity index (χ1v) is 3.19. The van der Waals surface area contributed by atoms with Gasteiger partial charge >= 0.3 is 0 Å². The van der Waals surface area contributed by atoms with Crippen LogP contribution in [0.15, 0.2) is 18.2 Å². The van der Waals surface area contributed by atoms with Crippen LogP contribution in [0.25, 0.3) is 0 Å². The van der Waals surface area contributed by atoms with Crippen molar-refractivity contribution in [3.63, 3.8) is 0 Å². The second-order valence-electron chi connectivity index (χ2n) is 2.25. The predicted octanol–water partition coefficient (Wildman–Crippen LogP) is 1.67. The number of benzene rings is 1. The number of nitrogens with zero attached hydrogens (tertiary/aromatic N) is 1. The van der Waals surface area contributed by atoms with E-state index in [1.165, 1.54) is 0 Å². The molecule has 0 saturated carbocycles. The molecule has 0 bridgehead atoms. The number of rotatable bonds is 1. The SMILES string of the molecule is Cc1ccc(C#N)cc1NO. The predicted molar refractivity (Wildman–Crippen MR) is 41.3 cm³/mol. The third kappa shape index (κ3) is 1.48. The third-order valence-corrected chi connectivity index (χ3v) is 1.49. The lowest BCUT2D eigenvalue weighted by molar-refractivity contribution is 0.388. The Kier molecular flexibility index (Phi) is 2.09. The minimum absolute atomic E-state index is 0.534. The normalized spacial score (nSPS) is 8.82. The Morgan fingerprint density at radius 3 is 2.82 bits per heavy atom. The highest BCUT2D eigenvalue weighted by Crippen LogP contribution is 2.14. The van der Waals surface area contributed by atoms with Crippen LogP contribution in [0.4, 0.5) is 5.69 Å². The van der Waals surface area contributed by atoms with Crippen LogP contribution >= 0.6 is 0 Å². The quantitative estimate of drug-likeness (QED) is 0.595. The summed E-state index contributed by atoms with van der Waals surface area (Å²) in [5.74, 6) is 0. The first-order valence-electron chi connectivity index (χ1n) is 3.19. The van der Waals surface area contributed by atoms with Crippen LogP contribution in [0.5, 0.6) is 0 Å². The van der Waals surface area contributed by atoms with Gasteiger partial charge in [0.25, 0.3) is 0 Å². The van der Waals surface area contributed by atoms with E-state index in [2.05, 4.69) is 0 Å². The summed E-state index contributed by atoms with van der Waals surface area (Å²) in [5, 5.41) is 17.1. The second-order valence-corrected chi connectivity index (χ2v) is 2.25. The molecule has 2 N–H and O–H groups in total. The molecule has 0 aromatic heterocycles. The van der Waals surface area contributed by atoms with Gasteiger partial charge in [-0.2, -0.15) is 5.26 Å². The van der Waals surface area contributed by atoms with E-state index in [0.717, 1.165) is 5.56 Å². The average Bonchev–Trinajstić information content (AvgIpc) is 2.05. The Morgan fingerprint density at radius 1 is 1.55 bits per heavy atom. The molecule has 0 atom stereocenters.